The van der Waals surface area contributed by atoms with Crippen molar-refractivity contribution in [1.29, 1.82) is 0 Å². The van der Waals surface area contributed by atoms with Crippen LogP contribution in [0.25, 0.3) is 0 Å². The van der Waals surface area contributed by atoms with E-state index in [0.717, 1.165) is 38.7 Å². The van der Waals surface area contributed by atoms with Gasteiger partial charge in [0.15, 0.2) is 5.96 Å². The van der Waals surface area contributed by atoms with Gasteiger partial charge in [-0.3, -0.25) is 0 Å². The van der Waals surface area contributed by atoms with Crippen molar-refractivity contribution in [3.8, 4) is 5.75 Å². The number of aliphatic imine (C=N–C) groups is 1. The average Bonchev–Trinajstić information content (AvgIpc) is 3.06. The molecular formula is C18H29FIN3O2. The molecule has 1 heterocycles. The average molecular weight is 465 g/mol. The van der Waals surface area contributed by atoms with Crippen LogP contribution in [0.15, 0.2) is 29.3 Å². The Kier molecular flexibility index (Phi) is 10.1. The molecule has 0 radical (unpaired) electrons. The lowest BCUT2D eigenvalue weighted by Gasteiger charge is -2.25. The molecule has 0 amide bonds. The van der Waals surface area contributed by atoms with Gasteiger partial charge >= 0.3 is 0 Å². The molecule has 1 aromatic carbocycles. The lowest BCUT2D eigenvalue weighted by Crippen LogP contribution is -2.42. The number of hydrogen-bond acceptors (Lipinski definition) is 3. The van der Waals surface area contributed by atoms with Gasteiger partial charge < -0.3 is 19.7 Å². The van der Waals surface area contributed by atoms with Crippen molar-refractivity contribution in [1.82, 2.24) is 10.2 Å². The van der Waals surface area contributed by atoms with Crippen LogP contribution in [-0.4, -0.2) is 56.9 Å². The highest BCUT2D eigenvalue weighted by atomic mass is 127. The number of ether oxygens (including phenoxy) is 2. The summed E-state index contributed by atoms with van der Waals surface area (Å²) in [5, 5.41) is 3.31. The molecule has 1 aliphatic rings. The van der Waals surface area contributed by atoms with Crippen molar-refractivity contribution in [2.24, 2.45) is 10.9 Å². The quantitative estimate of drug-likeness (QED) is 0.382. The molecule has 0 spiro atoms. The zero-order valence-electron chi connectivity index (χ0n) is 15.2. The molecule has 0 aliphatic carbocycles. The van der Waals surface area contributed by atoms with Gasteiger partial charge in [-0.1, -0.05) is 0 Å². The molecule has 1 aromatic rings. The van der Waals surface area contributed by atoms with E-state index in [9.17, 15) is 4.39 Å². The predicted octanol–water partition coefficient (Wildman–Crippen LogP) is 3.14. The van der Waals surface area contributed by atoms with Crippen molar-refractivity contribution < 1.29 is 13.9 Å². The Morgan fingerprint density at radius 1 is 1.44 bits per heavy atom. The van der Waals surface area contributed by atoms with Crippen LogP contribution < -0.4 is 10.1 Å². The lowest BCUT2D eigenvalue weighted by atomic mass is 10.1. The smallest absolute Gasteiger partial charge is 0.193 e. The minimum Gasteiger partial charge on any atom is -0.489 e. The Labute approximate surface area is 167 Å². The summed E-state index contributed by atoms with van der Waals surface area (Å²) in [4.78, 5) is 6.81. The molecule has 2 atom stereocenters. The van der Waals surface area contributed by atoms with Gasteiger partial charge in [0.05, 0.1) is 13.2 Å². The van der Waals surface area contributed by atoms with Gasteiger partial charge in [0.25, 0.3) is 0 Å². The van der Waals surface area contributed by atoms with Crippen molar-refractivity contribution in [3.05, 3.63) is 30.1 Å². The second-order valence-corrected chi connectivity index (χ2v) is 6.19. The standard InChI is InChI=1S/C18H28FN3O2.HI/c1-4-20-18(22(3)12-15-9-10-23-13-15)21-11-14(2)24-17-7-5-16(19)6-8-17;/h5-8,14-15H,4,9-13H2,1-3H3,(H,20,21);1H. The molecule has 5 nitrogen and oxygen atoms in total. The van der Waals surface area contributed by atoms with Crippen LogP contribution in [0.1, 0.15) is 20.3 Å². The first kappa shape index (κ1) is 22.0. The van der Waals surface area contributed by atoms with Crippen LogP contribution >= 0.6 is 24.0 Å². The maximum absolute atomic E-state index is 12.9. The van der Waals surface area contributed by atoms with E-state index < -0.39 is 0 Å². The fraction of sp³-hybridized carbons (Fsp3) is 0.611. The molecule has 1 N–H and O–H groups in total. The summed E-state index contributed by atoms with van der Waals surface area (Å²) in [5.74, 6) is 1.83. The highest BCUT2D eigenvalue weighted by Gasteiger charge is 2.19. The SMILES string of the molecule is CCNC(=NCC(C)Oc1ccc(F)cc1)N(C)CC1CCOC1.I. The second-order valence-electron chi connectivity index (χ2n) is 6.19. The van der Waals surface area contributed by atoms with Crippen LogP contribution in [0.3, 0.4) is 0 Å². The van der Waals surface area contributed by atoms with Gasteiger partial charge in [-0.25, -0.2) is 9.38 Å². The number of rotatable bonds is 7. The Morgan fingerprint density at radius 3 is 2.76 bits per heavy atom. The topological polar surface area (TPSA) is 46.1 Å². The molecule has 1 aliphatic heterocycles. The third kappa shape index (κ3) is 7.77. The molecule has 0 bridgehead atoms. The molecular weight excluding hydrogens is 436 g/mol. The molecule has 0 saturated carbocycles. The van der Waals surface area contributed by atoms with Crippen molar-refractivity contribution >= 4 is 29.9 Å². The van der Waals surface area contributed by atoms with Crippen LogP contribution in [0.2, 0.25) is 0 Å². The third-order valence-electron chi connectivity index (χ3n) is 3.90. The van der Waals surface area contributed by atoms with Crippen LogP contribution in [0.5, 0.6) is 5.75 Å². The summed E-state index contributed by atoms with van der Waals surface area (Å²) < 4.78 is 24.1. The van der Waals surface area contributed by atoms with E-state index in [1.165, 1.54) is 12.1 Å². The molecule has 142 valence electrons. The fourth-order valence-corrected chi connectivity index (χ4v) is 2.67. The number of guanidine groups is 1. The highest BCUT2D eigenvalue weighted by Crippen LogP contribution is 2.14. The van der Waals surface area contributed by atoms with Crippen LogP contribution in [0.4, 0.5) is 4.39 Å². The normalized spacial score (nSPS) is 18.4. The third-order valence-corrected chi connectivity index (χ3v) is 3.90. The molecule has 25 heavy (non-hydrogen) atoms. The minimum atomic E-state index is -0.264. The van der Waals surface area contributed by atoms with Gasteiger partial charge in [0.2, 0.25) is 0 Å². The molecule has 1 fully saturated rings. The Morgan fingerprint density at radius 2 is 2.16 bits per heavy atom. The summed E-state index contributed by atoms with van der Waals surface area (Å²) >= 11 is 0. The van der Waals surface area contributed by atoms with Gasteiger partial charge in [-0.15, -0.1) is 24.0 Å². The minimum absolute atomic E-state index is 0. The summed E-state index contributed by atoms with van der Waals surface area (Å²) in [7, 11) is 2.05. The summed E-state index contributed by atoms with van der Waals surface area (Å²) in [5.41, 5.74) is 0. The highest BCUT2D eigenvalue weighted by molar-refractivity contribution is 14.0. The van der Waals surface area contributed by atoms with Gasteiger partial charge in [-0.2, -0.15) is 0 Å². The second kappa shape index (κ2) is 11.5. The molecule has 1 saturated heterocycles. The predicted molar refractivity (Wildman–Crippen MR) is 109 cm³/mol. The number of nitrogens with zero attached hydrogens (tertiary/aromatic N) is 2. The van der Waals surface area contributed by atoms with Gasteiger partial charge in [-0.05, 0) is 44.5 Å². The summed E-state index contributed by atoms with van der Waals surface area (Å²) in [6.07, 6.45) is 1.01. The van der Waals surface area contributed by atoms with E-state index in [1.807, 2.05) is 14.0 Å². The van der Waals surface area contributed by atoms with E-state index in [0.29, 0.717) is 18.2 Å². The maximum Gasteiger partial charge on any atom is 0.193 e. The van der Waals surface area contributed by atoms with Gasteiger partial charge in [0.1, 0.15) is 17.7 Å². The number of benzene rings is 1. The largest absolute Gasteiger partial charge is 0.489 e. The zero-order valence-corrected chi connectivity index (χ0v) is 17.5. The Bertz CT molecular complexity index is 522. The lowest BCUT2D eigenvalue weighted by molar-refractivity contribution is 0.181. The first-order chi connectivity index (χ1) is 11.6. The van der Waals surface area contributed by atoms with E-state index in [1.54, 1.807) is 12.1 Å². The summed E-state index contributed by atoms with van der Waals surface area (Å²) in [6.45, 7) is 7.98. The molecule has 0 aromatic heterocycles. The zero-order chi connectivity index (χ0) is 17.4. The Hall–Kier alpha value is -1.09. The number of hydrogen-bond donors (Lipinski definition) is 1. The van der Waals surface area contributed by atoms with E-state index in [-0.39, 0.29) is 35.9 Å². The van der Waals surface area contributed by atoms with Crippen molar-refractivity contribution in [2.75, 3.05) is 39.9 Å². The first-order valence-electron chi connectivity index (χ1n) is 8.58. The number of nitrogens with one attached hydrogen (secondary N) is 1. The van der Waals surface area contributed by atoms with Gasteiger partial charge in [0, 0.05) is 32.7 Å². The fourth-order valence-electron chi connectivity index (χ4n) is 2.67. The first-order valence-corrected chi connectivity index (χ1v) is 8.58. The number of halogens is 2. The van der Waals surface area contributed by atoms with Crippen molar-refractivity contribution in [2.45, 2.75) is 26.4 Å². The Balaban J connectivity index is 0.00000312. The molecule has 2 rings (SSSR count). The molecule has 7 heteroatoms. The summed E-state index contributed by atoms with van der Waals surface area (Å²) in [6, 6.07) is 6.06. The van der Waals surface area contributed by atoms with Crippen LogP contribution in [-0.2, 0) is 4.74 Å². The molecule has 2 unspecified atom stereocenters. The van der Waals surface area contributed by atoms with E-state index in [2.05, 4.69) is 22.1 Å². The van der Waals surface area contributed by atoms with Crippen LogP contribution in [0, 0.1) is 11.7 Å². The maximum atomic E-state index is 12.9. The van der Waals surface area contributed by atoms with Crippen molar-refractivity contribution in [3.63, 3.8) is 0 Å². The van der Waals surface area contributed by atoms with E-state index in [4.69, 9.17) is 9.47 Å². The van der Waals surface area contributed by atoms with E-state index >= 15 is 0 Å². The monoisotopic (exact) mass is 465 g/mol.